The summed E-state index contributed by atoms with van der Waals surface area (Å²) in [4.78, 5) is 11.4. The Kier molecular flexibility index (Phi) is 5.32. The zero-order valence-corrected chi connectivity index (χ0v) is 14.0. The lowest BCUT2D eigenvalue weighted by atomic mass is 10.2. The largest absolute Gasteiger partial charge is 0.457 e. The van der Waals surface area contributed by atoms with Gasteiger partial charge < -0.3 is 15.4 Å². The minimum absolute atomic E-state index is 0.00899. The van der Waals surface area contributed by atoms with Crippen LogP contribution in [-0.4, -0.2) is 5.91 Å². The fourth-order valence-electron chi connectivity index (χ4n) is 2.28. The lowest BCUT2D eigenvalue weighted by molar-refractivity contribution is -0.115. The van der Waals surface area contributed by atoms with Gasteiger partial charge in [0.05, 0.1) is 0 Å². The topological polar surface area (TPSA) is 50.4 Å². The number of hydrogen-bond acceptors (Lipinski definition) is 3. The molecule has 4 nitrogen and oxygen atoms in total. The zero-order chi connectivity index (χ0) is 17.5. The van der Waals surface area contributed by atoms with Crippen LogP contribution in [-0.2, 0) is 4.79 Å². The molecule has 126 valence electrons. The average molecular weight is 332 g/mol. The van der Waals surface area contributed by atoms with E-state index in [1.54, 1.807) is 0 Å². The molecule has 2 N–H and O–H groups in total. The molecule has 0 saturated heterocycles. The van der Waals surface area contributed by atoms with Crippen LogP contribution in [0.1, 0.15) is 13.3 Å². The number of nitrogens with one attached hydrogen (secondary N) is 2. The quantitative estimate of drug-likeness (QED) is 0.620. The summed E-state index contributed by atoms with van der Waals surface area (Å²) >= 11 is 0. The molecule has 0 bridgehead atoms. The number of ether oxygens (including phenoxy) is 1. The molecule has 0 aliphatic rings. The van der Waals surface area contributed by atoms with Gasteiger partial charge >= 0.3 is 0 Å². The molecule has 0 heterocycles. The molecule has 0 aromatic heterocycles. The van der Waals surface area contributed by atoms with Gasteiger partial charge in [0.15, 0.2) is 0 Å². The highest BCUT2D eigenvalue weighted by Gasteiger charge is 2.01. The summed E-state index contributed by atoms with van der Waals surface area (Å²) in [6.07, 6.45) is 0.470. The maximum Gasteiger partial charge on any atom is 0.224 e. The summed E-state index contributed by atoms with van der Waals surface area (Å²) in [6.45, 7) is 1.83. The highest BCUT2D eigenvalue weighted by Crippen LogP contribution is 2.24. The monoisotopic (exact) mass is 332 g/mol. The Balaban J connectivity index is 1.60. The van der Waals surface area contributed by atoms with Crippen LogP contribution in [0, 0.1) is 0 Å². The van der Waals surface area contributed by atoms with Gasteiger partial charge in [0.2, 0.25) is 5.91 Å². The second kappa shape index (κ2) is 8.02. The van der Waals surface area contributed by atoms with Crippen LogP contribution in [0.4, 0.5) is 17.1 Å². The molecule has 3 aromatic rings. The maximum absolute atomic E-state index is 11.4. The van der Waals surface area contributed by atoms with E-state index in [4.69, 9.17) is 4.74 Å². The van der Waals surface area contributed by atoms with Crippen molar-refractivity contribution in [2.24, 2.45) is 0 Å². The van der Waals surface area contributed by atoms with Crippen molar-refractivity contribution in [3.8, 4) is 11.5 Å². The van der Waals surface area contributed by atoms with Gasteiger partial charge in [-0.15, -0.1) is 0 Å². The molecule has 1 amide bonds. The lowest BCUT2D eigenvalue weighted by Crippen LogP contribution is -2.09. The number of hydrogen-bond donors (Lipinski definition) is 2. The summed E-state index contributed by atoms with van der Waals surface area (Å²) in [5, 5.41) is 6.15. The molecule has 0 aliphatic carbocycles. The number of anilines is 3. The van der Waals surface area contributed by atoms with Crippen molar-refractivity contribution >= 4 is 23.0 Å². The third kappa shape index (κ3) is 4.85. The number of benzene rings is 3. The SMILES string of the molecule is CCC(=O)Nc1ccc(Nc2ccc(Oc3ccccc3)cc2)cc1. The van der Waals surface area contributed by atoms with Crippen LogP contribution in [0.25, 0.3) is 0 Å². The molecule has 0 aliphatic heterocycles. The smallest absolute Gasteiger partial charge is 0.224 e. The molecule has 25 heavy (non-hydrogen) atoms. The van der Waals surface area contributed by atoms with E-state index < -0.39 is 0 Å². The van der Waals surface area contributed by atoms with Crippen molar-refractivity contribution < 1.29 is 9.53 Å². The van der Waals surface area contributed by atoms with Gasteiger partial charge in [-0.3, -0.25) is 4.79 Å². The number of carbonyl (C=O) groups is 1. The molecule has 4 heteroatoms. The first-order valence-electron chi connectivity index (χ1n) is 8.23. The summed E-state index contributed by atoms with van der Waals surface area (Å²) in [5.74, 6) is 1.61. The summed E-state index contributed by atoms with van der Waals surface area (Å²) < 4.78 is 5.78. The van der Waals surface area contributed by atoms with Crippen LogP contribution in [0.2, 0.25) is 0 Å². The zero-order valence-electron chi connectivity index (χ0n) is 14.0. The van der Waals surface area contributed by atoms with Crippen molar-refractivity contribution in [3.63, 3.8) is 0 Å². The van der Waals surface area contributed by atoms with Crippen LogP contribution in [0.3, 0.4) is 0 Å². The van der Waals surface area contributed by atoms with Gasteiger partial charge in [0.25, 0.3) is 0 Å². The van der Waals surface area contributed by atoms with Crippen molar-refractivity contribution in [2.45, 2.75) is 13.3 Å². The van der Waals surface area contributed by atoms with Crippen LogP contribution >= 0.6 is 0 Å². The van der Waals surface area contributed by atoms with Gasteiger partial charge in [-0.25, -0.2) is 0 Å². The molecule has 0 spiro atoms. The van der Waals surface area contributed by atoms with E-state index in [9.17, 15) is 4.79 Å². The molecule has 0 atom stereocenters. The van der Waals surface area contributed by atoms with Gasteiger partial charge in [0, 0.05) is 23.5 Å². The number of amides is 1. The van der Waals surface area contributed by atoms with E-state index in [1.807, 2.05) is 85.8 Å². The standard InChI is InChI=1S/C21H20N2O2/c1-2-21(24)23-18-10-8-16(9-11-18)22-17-12-14-20(15-13-17)25-19-6-4-3-5-7-19/h3-15,22H,2H2,1H3,(H,23,24). The predicted molar refractivity (Wildman–Crippen MR) is 102 cm³/mol. The predicted octanol–water partition coefficient (Wildman–Crippen LogP) is 5.57. The number of rotatable bonds is 6. The Morgan fingerprint density at radius 3 is 1.88 bits per heavy atom. The number of carbonyl (C=O) groups excluding carboxylic acids is 1. The Morgan fingerprint density at radius 1 is 0.760 bits per heavy atom. The minimum Gasteiger partial charge on any atom is -0.457 e. The molecule has 0 fully saturated rings. The average Bonchev–Trinajstić information content (AvgIpc) is 2.66. The number of para-hydroxylation sites is 1. The highest BCUT2D eigenvalue weighted by molar-refractivity contribution is 5.90. The maximum atomic E-state index is 11.4. The fourth-order valence-corrected chi connectivity index (χ4v) is 2.28. The molecular weight excluding hydrogens is 312 g/mol. The normalized spacial score (nSPS) is 10.1. The molecular formula is C21H20N2O2. The summed E-state index contributed by atoms with van der Waals surface area (Å²) in [6, 6.07) is 25.1. The first-order chi connectivity index (χ1) is 12.2. The van der Waals surface area contributed by atoms with Crippen LogP contribution in [0.5, 0.6) is 11.5 Å². The molecule has 0 unspecified atom stereocenters. The summed E-state index contributed by atoms with van der Waals surface area (Å²) in [7, 11) is 0. The highest BCUT2D eigenvalue weighted by atomic mass is 16.5. The lowest BCUT2D eigenvalue weighted by Gasteiger charge is -2.10. The molecule has 3 aromatic carbocycles. The minimum atomic E-state index is 0.00899. The van der Waals surface area contributed by atoms with E-state index in [0.717, 1.165) is 28.6 Å². The Labute approximate surface area is 147 Å². The Bertz CT molecular complexity index is 813. The van der Waals surface area contributed by atoms with Crippen molar-refractivity contribution in [1.29, 1.82) is 0 Å². The van der Waals surface area contributed by atoms with E-state index in [0.29, 0.717) is 6.42 Å². The first-order valence-corrected chi connectivity index (χ1v) is 8.23. The van der Waals surface area contributed by atoms with E-state index in [-0.39, 0.29) is 5.91 Å². The van der Waals surface area contributed by atoms with E-state index in [1.165, 1.54) is 0 Å². The van der Waals surface area contributed by atoms with Crippen LogP contribution < -0.4 is 15.4 Å². The van der Waals surface area contributed by atoms with Crippen LogP contribution in [0.15, 0.2) is 78.9 Å². The van der Waals surface area contributed by atoms with Gasteiger partial charge in [-0.2, -0.15) is 0 Å². The second-order valence-electron chi connectivity index (χ2n) is 5.54. The Hall–Kier alpha value is -3.27. The molecule has 0 saturated carbocycles. The molecule has 3 rings (SSSR count). The first kappa shape index (κ1) is 16.6. The van der Waals surface area contributed by atoms with E-state index >= 15 is 0 Å². The van der Waals surface area contributed by atoms with Crippen molar-refractivity contribution in [1.82, 2.24) is 0 Å². The van der Waals surface area contributed by atoms with E-state index in [2.05, 4.69) is 10.6 Å². The third-order valence-electron chi connectivity index (χ3n) is 3.61. The third-order valence-corrected chi connectivity index (χ3v) is 3.61. The van der Waals surface area contributed by atoms with Gasteiger partial charge in [-0.05, 0) is 60.7 Å². The fraction of sp³-hybridized carbons (Fsp3) is 0.0952. The van der Waals surface area contributed by atoms with Gasteiger partial charge in [-0.1, -0.05) is 25.1 Å². The molecule has 0 radical (unpaired) electrons. The Morgan fingerprint density at radius 2 is 1.28 bits per heavy atom. The summed E-state index contributed by atoms with van der Waals surface area (Å²) in [5.41, 5.74) is 2.71. The van der Waals surface area contributed by atoms with Crippen molar-refractivity contribution in [3.05, 3.63) is 78.9 Å². The van der Waals surface area contributed by atoms with Gasteiger partial charge in [0.1, 0.15) is 11.5 Å². The second-order valence-corrected chi connectivity index (χ2v) is 5.54. The van der Waals surface area contributed by atoms with Crippen molar-refractivity contribution in [2.75, 3.05) is 10.6 Å².